The lowest BCUT2D eigenvalue weighted by Gasteiger charge is -2.13. The van der Waals surface area contributed by atoms with Crippen molar-refractivity contribution in [3.8, 4) is 5.75 Å². The number of aromatic nitrogens is 1. The van der Waals surface area contributed by atoms with Crippen molar-refractivity contribution in [3.05, 3.63) is 45.9 Å². The van der Waals surface area contributed by atoms with Crippen LogP contribution in [0.2, 0.25) is 0 Å². The van der Waals surface area contributed by atoms with Crippen molar-refractivity contribution in [2.75, 3.05) is 26.7 Å². The minimum atomic E-state index is -0.650. The third-order valence-electron chi connectivity index (χ3n) is 3.57. The van der Waals surface area contributed by atoms with E-state index in [2.05, 4.69) is 27.5 Å². The van der Waals surface area contributed by atoms with Crippen LogP contribution in [0.1, 0.15) is 28.5 Å². The zero-order chi connectivity index (χ0) is 18.1. The molecule has 3 N–H and O–H groups in total. The third-order valence-corrected chi connectivity index (χ3v) is 4.54. The molecular formula is C18H26N4O2S. The van der Waals surface area contributed by atoms with Crippen LogP contribution < -0.4 is 15.4 Å². The monoisotopic (exact) mass is 362 g/mol. The van der Waals surface area contributed by atoms with Gasteiger partial charge < -0.3 is 20.5 Å². The molecule has 0 saturated carbocycles. The number of benzene rings is 1. The fourth-order valence-corrected chi connectivity index (χ4v) is 3.04. The lowest BCUT2D eigenvalue weighted by atomic mass is 10.1. The normalized spacial score (nSPS) is 12.7. The number of aliphatic hydroxyl groups is 1. The van der Waals surface area contributed by atoms with Crippen molar-refractivity contribution in [2.45, 2.75) is 26.4 Å². The van der Waals surface area contributed by atoms with Crippen molar-refractivity contribution in [1.29, 1.82) is 0 Å². The Labute approximate surface area is 153 Å². The molecule has 2 aromatic rings. The summed E-state index contributed by atoms with van der Waals surface area (Å²) < 4.78 is 5.13. The maximum absolute atomic E-state index is 10.3. The van der Waals surface area contributed by atoms with E-state index < -0.39 is 6.10 Å². The molecule has 0 aliphatic rings. The molecule has 7 heteroatoms. The number of aliphatic hydroxyl groups excluding tert-OH is 1. The van der Waals surface area contributed by atoms with Gasteiger partial charge in [0.05, 0.1) is 24.8 Å². The number of thiazole rings is 1. The predicted molar refractivity (Wildman–Crippen MR) is 102 cm³/mol. The van der Waals surface area contributed by atoms with E-state index >= 15 is 0 Å². The van der Waals surface area contributed by atoms with Gasteiger partial charge in [-0.3, -0.25) is 4.99 Å². The highest BCUT2D eigenvalue weighted by Gasteiger charge is 2.08. The molecule has 0 fully saturated rings. The molecule has 136 valence electrons. The topological polar surface area (TPSA) is 78.8 Å². The number of methoxy groups -OCH3 is 1. The molecule has 0 aliphatic carbocycles. The van der Waals surface area contributed by atoms with Gasteiger partial charge in [0, 0.05) is 30.6 Å². The van der Waals surface area contributed by atoms with Crippen LogP contribution in [0, 0.1) is 6.92 Å². The van der Waals surface area contributed by atoms with Crippen LogP contribution in [0.5, 0.6) is 5.75 Å². The number of hydrogen-bond acceptors (Lipinski definition) is 5. The van der Waals surface area contributed by atoms with Gasteiger partial charge in [0.15, 0.2) is 5.96 Å². The maximum Gasteiger partial charge on any atom is 0.191 e. The molecular weight excluding hydrogens is 336 g/mol. The van der Waals surface area contributed by atoms with E-state index in [1.807, 2.05) is 37.4 Å². The minimum Gasteiger partial charge on any atom is -0.497 e. The van der Waals surface area contributed by atoms with Gasteiger partial charge in [0.2, 0.25) is 0 Å². The lowest BCUT2D eigenvalue weighted by molar-refractivity contribution is 0.187. The molecule has 0 bridgehead atoms. The Morgan fingerprint density at radius 2 is 2.08 bits per heavy atom. The highest BCUT2D eigenvalue weighted by atomic mass is 32.1. The Bertz CT molecular complexity index is 670. The van der Waals surface area contributed by atoms with Gasteiger partial charge in [0.25, 0.3) is 0 Å². The Hall–Kier alpha value is -2.12. The van der Waals surface area contributed by atoms with Gasteiger partial charge in [0.1, 0.15) is 5.75 Å². The summed E-state index contributed by atoms with van der Waals surface area (Å²) in [6, 6.07) is 7.37. The molecule has 1 aromatic heterocycles. The van der Waals surface area contributed by atoms with E-state index in [0.717, 1.165) is 35.8 Å². The second-order valence-corrected chi connectivity index (χ2v) is 6.87. The zero-order valence-electron chi connectivity index (χ0n) is 15.0. The molecule has 25 heavy (non-hydrogen) atoms. The second-order valence-electron chi connectivity index (χ2n) is 5.55. The standard InChI is InChI=1S/C18H26N4O2S/c1-4-19-18(20-10-9-17-21-11-13(2)25-17)22-12-16(23)14-5-7-15(24-3)8-6-14/h5-8,11,16,23H,4,9-10,12H2,1-3H3,(H2,19,20,22). The minimum absolute atomic E-state index is 0.290. The molecule has 1 atom stereocenters. The average molecular weight is 362 g/mol. The SMILES string of the molecule is CCNC(=NCC(O)c1ccc(OC)cc1)NCCc1ncc(C)s1. The molecule has 0 saturated heterocycles. The van der Waals surface area contributed by atoms with E-state index in [1.54, 1.807) is 18.4 Å². The number of nitrogens with zero attached hydrogens (tertiary/aromatic N) is 2. The smallest absolute Gasteiger partial charge is 0.191 e. The van der Waals surface area contributed by atoms with E-state index in [4.69, 9.17) is 4.74 Å². The Morgan fingerprint density at radius 3 is 2.68 bits per heavy atom. The average Bonchev–Trinajstić information content (AvgIpc) is 3.04. The quantitative estimate of drug-likeness (QED) is 0.496. The van der Waals surface area contributed by atoms with Crippen LogP contribution >= 0.6 is 11.3 Å². The number of guanidine groups is 1. The first-order chi connectivity index (χ1) is 12.1. The molecule has 1 aromatic carbocycles. The summed E-state index contributed by atoms with van der Waals surface area (Å²) in [7, 11) is 1.62. The van der Waals surface area contributed by atoms with Crippen LogP contribution in [0.4, 0.5) is 0 Å². The zero-order valence-corrected chi connectivity index (χ0v) is 15.8. The number of nitrogens with one attached hydrogen (secondary N) is 2. The summed E-state index contributed by atoms with van der Waals surface area (Å²) in [6.45, 7) is 5.87. The number of ether oxygens (including phenoxy) is 1. The van der Waals surface area contributed by atoms with E-state index in [9.17, 15) is 5.11 Å². The van der Waals surface area contributed by atoms with Gasteiger partial charge in [-0.1, -0.05) is 12.1 Å². The first-order valence-electron chi connectivity index (χ1n) is 8.38. The fraction of sp³-hybridized carbons (Fsp3) is 0.444. The summed E-state index contributed by atoms with van der Waals surface area (Å²) in [5.74, 6) is 1.47. The largest absolute Gasteiger partial charge is 0.497 e. The molecule has 0 aliphatic heterocycles. The predicted octanol–water partition coefficient (Wildman–Crippen LogP) is 2.29. The van der Waals surface area contributed by atoms with E-state index in [1.165, 1.54) is 4.88 Å². The summed E-state index contributed by atoms with van der Waals surface area (Å²) in [5.41, 5.74) is 0.818. The van der Waals surface area contributed by atoms with Gasteiger partial charge in [-0.05, 0) is 31.5 Å². The highest BCUT2D eigenvalue weighted by Crippen LogP contribution is 2.17. The molecule has 2 rings (SSSR count). The first-order valence-corrected chi connectivity index (χ1v) is 9.19. The van der Waals surface area contributed by atoms with Crippen LogP contribution in [0.25, 0.3) is 0 Å². The van der Waals surface area contributed by atoms with Crippen molar-refractivity contribution >= 4 is 17.3 Å². The molecule has 0 radical (unpaired) electrons. The second kappa shape index (κ2) is 10.0. The summed E-state index contributed by atoms with van der Waals surface area (Å²) in [6.07, 6.45) is 2.09. The summed E-state index contributed by atoms with van der Waals surface area (Å²) >= 11 is 1.71. The Kier molecular flexibility index (Phi) is 7.69. The molecule has 1 heterocycles. The molecule has 1 unspecified atom stereocenters. The fourth-order valence-electron chi connectivity index (χ4n) is 2.26. The van der Waals surface area contributed by atoms with Crippen LogP contribution in [-0.4, -0.2) is 42.8 Å². The summed E-state index contributed by atoms with van der Waals surface area (Å²) in [5, 5.41) is 17.9. The number of hydrogen-bond donors (Lipinski definition) is 3. The lowest BCUT2D eigenvalue weighted by Crippen LogP contribution is -2.38. The van der Waals surface area contributed by atoms with Gasteiger partial charge in [-0.2, -0.15) is 0 Å². The maximum atomic E-state index is 10.3. The molecule has 0 amide bonds. The highest BCUT2D eigenvalue weighted by molar-refractivity contribution is 7.11. The Balaban J connectivity index is 1.86. The van der Waals surface area contributed by atoms with Gasteiger partial charge in [-0.25, -0.2) is 4.98 Å². The Morgan fingerprint density at radius 1 is 1.32 bits per heavy atom. The number of rotatable bonds is 8. The van der Waals surface area contributed by atoms with Crippen molar-refractivity contribution in [1.82, 2.24) is 15.6 Å². The molecule has 6 nitrogen and oxygen atoms in total. The van der Waals surface area contributed by atoms with Gasteiger partial charge >= 0.3 is 0 Å². The molecule has 0 spiro atoms. The summed E-state index contributed by atoms with van der Waals surface area (Å²) in [4.78, 5) is 10.0. The van der Waals surface area contributed by atoms with Crippen LogP contribution in [0.3, 0.4) is 0 Å². The van der Waals surface area contributed by atoms with E-state index in [-0.39, 0.29) is 6.54 Å². The number of aryl methyl sites for hydroxylation is 1. The third kappa shape index (κ3) is 6.36. The van der Waals surface area contributed by atoms with Crippen molar-refractivity contribution in [3.63, 3.8) is 0 Å². The van der Waals surface area contributed by atoms with Crippen LogP contribution in [-0.2, 0) is 6.42 Å². The van der Waals surface area contributed by atoms with Crippen LogP contribution in [0.15, 0.2) is 35.5 Å². The van der Waals surface area contributed by atoms with Crippen molar-refractivity contribution < 1.29 is 9.84 Å². The van der Waals surface area contributed by atoms with Crippen molar-refractivity contribution in [2.24, 2.45) is 4.99 Å². The van der Waals surface area contributed by atoms with Gasteiger partial charge in [-0.15, -0.1) is 11.3 Å². The first kappa shape index (κ1) is 19.2. The number of aliphatic imine (C=N–C) groups is 1. The van der Waals surface area contributed by atoms with E-state index in [0.29, 0.717) is 5.96 Å².